The molecule has 1 aliphatic heterocycles. The number of aromatic amines is 1. The zero-order valence-corrected chi connectivity index (χ0v) is 18.8. The molecule has 2 saturated carbocycles. The first-order valence-electron chi connectivity index (χ1n) is 11.2. The molecule has 6 rings (SSSR count). The normalized spacial score (nSPS) is 20.8. The summed E-state index contributed by atoms with van der Waals surface area (Å²) in [4.78, 5) is 29.0. The van der Waals surface area contributed by atoms with E-state index in [-0.39, 0.29) is 22.3 Å². The van der Waals surface area contributed by atoms with Crippen LogP contribution in [0, 0.1) is 5.92 Å². The van der Waals surface area contributed by atoms with Crippen molar-refractivity contribution in [2.75, 3.05) is 31.1 Å². The molecule has 2 aliphatic carbocycles. The van der Waals surface area contributed by atoms with E-state index >= 15 is 0 Å². The van der Waals surface area contributed by atoms with Gasteiger partial charge in [-0.2, -0.15) is 0 Å². The number of benzene rings is 1. The Morgan fingerprint density at radius 2 is 1.91 bits per heavy atom. The molecule has 0 atom stereocenters. The monoisotopic (exact) mass is 454 g/mol. The second kappa shape index (κ2) is 6.89. The fourth-order valence-electron chi connectivity index (χ4n) is 4.50. The van der Waals surface area contributed by atoms with Crippen LogP contribution in [0.3, 0.4) is 0 Å². The van der Waals surface area contributed by atoms with E-state index in [0.29, 0.717) is 37.3 Å². The van der Waals surface area contributed by atoms with E-state index < -0.39 is 10.0 Å². The Kier molecular flexibility index (Phi) is 4.29. The number of rotatable bonds is 5. The maximum atomic E-state index is 12.8. The number of piperazine rings is 1. The van der Waals surface area contributed by atoms with Crippen LogP contribution in [-0.4, -0.2) is 65.9 Å². The van der Waals surface area contributed by atoms with Gasteiger partial charge in [0.2, 0.25) is 15.9 Å². The number of H-pyrrole nitrogens is 1. The van der Waals surface area contributed by atoms with Crippen molar-refractivity contribution in [1.29, 1.82) is 0 Å². The van der Waals surface area contributed by atoms with Crippen LogP contribution in [0.2, 0.25) is 0 Å². The number of carbonyl (C=O) groups excluding carboxylic acids is 1. The van der Waals surface area contributed by atoms with Gasteiger partial charge in [-0.3, -0.25) is 4.79 Å². The van der Waals surface area contributed by atoms with Crippen LogP contribution in [0.25, 0.3) is 21.9 Å². The Morgan fingerprint density at radius 1 is 1.16 bits per heavy atom. The first-order valence-corrected chi connectivity index (χ1v) is 12.7. The molecule has 1 aromatic carbocycles. The minimum atomic E-state index is -3.59. The van der Waals surface area contributed by atoms with E-state index in [1.807, 2.05) is 17.9 Å². The van der Waals surface area contributed by atoms with Gasteiger partial charge in [0.15, 0.2) is 0 Å². The highest BCUT2D eigenvalue weighted by Gasteiger charge is 2.41. The molecule has 3 aromatic rings. The molecule has 1 saturated heterocycles. The third-order valence-corrected chi connectivity index (χ3v) is 8.49. The number of carbonyl (C=O) groups is 1. The summed E-state index contributed by atoms with van der Waals surface area (Å²) >= 11 is 0. The number of sulfonamides is 1. The summed E-state index contributed by atoms with van der Waals surface area (Å²) in [6.07, 6.45) is 5.29. The summed E-state index contributed by atoms with van der Waals surface area (Å²) in [5.41, 5.74) is 1.07. The summed E-state index contributed by atoms with van der Waals surface area (Å²) in [7, 11) is -3.59. The van der Waals surface area contributed by atoms with Crippen LogP contribution in [0.15, 0.2) is 29.4 Å². The smallest absolute Gasteiger partial charge is 0.241 e. The van der Waals surface area contributed by atoms with Crippen molar-refractivity contribution in [3.63, 3.8) is 0 Å². The summed E-state index contributed by atoms with van der Waals surface area (Å²) in [6.45, 7) is 4.73. The van der Waals surface area contributed by atoms with Gasteiger partial charge in [-0.05, 0) is 44.7 Å². The maximum absolute atomic E-state index is 12.8. The lowest BCUT2D eigenvalue weighted by atomic mass is 10.2. The van der Waals surface area contributed by atoms with E-state index in [2.05, 4.69) is 24.6 Å². The number of fused-ring (bicyclic) bond motifs is 3. The predicted molar refractivity (Wildman–Crippen MR) is 121 cm³/mol. The van der Waals surface area contributed by atoms with Gasteiger partial charge in [-0.25, -0.2) is 23.1 Å². The maximum Gasteiger partial charge on any atom is 0.241 e. The third-order valence-electron chi connectivity index (χ3n) is 6.85. The van der Waals surface area contributed by atoms with Gasteiger partial charge in [0, 0.05) is 48.5 Å². The molecular weight excluding hydrogens is 428 g/mol. The van der Waals surface area contributed by atoms with Gasteiger partial charge >= 0.3 is 0 Å². The molecule has 2 N–H and O–H groups in total. The van der Waals surface area contributed by atoms with E-state index in [0.717, 1.165) is 42.3 Å². The van der Waals surface area contributed by atoms with Gasteiger partial charge < -0.3 is 14.8 Å². The van der Waals surface area contributed by atoms with E-state index in [1.165, 1.54) is 6.33 Å². The molecule has 3 aliphatic rings. The van der Waals surface area contributed by atoms with Crippen molar-refractivity contribution in [3.8, 4) is 0 Å². The lowest BCUT2D eigenvalue weighted by Crippen LogP contribution is -2.49. The van der Waals surface area contributed by atoms with Crippen molar-refractivity contribution < 1.29 is 13.2 Å². The van der Waals surface area contributed by atoms with Crippen LogP contribution < -0.4 is 9.62 Å². The number of anilines is 1. The van der Waals surface area contributed by atoms with Crippen molar-refractivity contribution in [1.82, 2.24) is 24.6 Å². The fourth-order valence-corrected chi connectivity index (χ4v) is 5.99. The summed E-state index contributed by atoms with van der Waals surface area (Å²) in [5, 5.41) is 1.78. The van der Waals surface area contributed by atoms with E-state index in [4.69, 9.17) is 0 Å². The average molecular weight is 455 g/mol. The second-order valence-electron chi connectivity index (χ2n) is 9.51. The van der Waals surface area contributed by atoms with Gasteiger partial charge in [0.1, 0.15) is 17.8 Å². The van der Waals surface area contributed by atoms with Gasteiger partial charge in [-0.1, -0.05) is 6.07 Å². The Hall–Kier alpha value is -2.72. The lowest BCUT2D eigenvalue weighted by molar-refractivity contribution is -0.132. The number of nitrogens with one attached hydrogen (secondary N) is 2. The first kappa shape index (κ1) is 19.9. The van der Waals surface area contributed by atoms with E-state index in [9.17, 15) is 13.2 Å². The molecule has 2 aromatic heterocycles. The molecular formula is C22H26N6O3S. The summed E-state index contributed by atoms with van der Waals surface area (Å²) < 4.78 is 28.4. The molecule has 0 radical (unpaired) electrons. The number of aromatic nitrogens is 3. The van der Waals surface area contributed by atoms with Crippen molar-refractivity contribution in [3.05, 3.63) is 24.5 Å². The predicted octanol–water partition coefficient (Wildman–Crippen LogP) is 2.00. The van der Waals surface area contributed by atoms with Crippen LogP contribution in [-0.2, 0) is 14.8 Å². The molecule has 3 fully saturated rings. The number of nitrogens with zero attached hydrogens (tertiary/aromatic N) is 4. The fraction of sp³-hybridized carbons (Fsp3) is 0.500. The number of amides is 1. The molecule has 0 spiro atoms. The highest BCUT2D eigenvalue weighted by Crippen LogP contribution is 2.37. The standard InChI is InChI=1S/C22H26N6O3S/c1-22(6-7-22)26-32(30,31)15-4-5-16-17(12-15)25-19-18(16)20(24-13-23-19)27-8-10-28(11-9-27)21(29)14-2-3-14/h4-5,12-14,26H,2-3,6-11H2,1H3,(H,23,24,25). The van der Waals surface area contributed by atoms with Crippen molar-refractivity contribution in [2.45, 2.75) is 43.0 Å². The Bertz CT molecular complexity index is 1330. The molecule has 32 heavy (non-hydrogen) atoms. The number of hydrogen-bond acceptors (Lipinski definition) is 6. The Labute approximate surface area is 186 Å². The average Bonchev–Trinajstić information content (AvgIpc) is 3.71. The van der Waals surface area contributed by atoms with Crippen molar-refractivity contribution in [2.24, 2.45) is 5.92 Å². The van der Waals surface area contributed by atoms with E-state index in [1.54, 1.807) is 12.1 Å². The minimum absolute atomic E-state index is 0.239. The molecule has 0 unspecified atom stereocenters. The zero-order chi connectivity index (χ0) is 22.1. The minimum Gasteiger partial charge on any atom is -0.352 e. The largest absolute Gasteiger partial charge is 0.352 e. The molecule has 3 heterocycles. The van der Waals surface area contributed by atoms with Gasteiger partial charge in [0.25, 0.3) is 0 Å². The first-order chi connectivity index (χ1) is 15.3. The Morgan fingerprint density at radius 3 is 2.59 bits per heavy atom. The molecule has 9 nitrogen and oxygen atoms in total. The second-order valence-corrected chi connectivity index (χ2v) is 11.2. The van der Waals surface area contributed by atoms with Crippen LogP contribution in [0.1, 0.15) is 32.6 Å². The lowest BCUT2D eigenvalue weighted by Gasteiger charge is -2.35. The quantitative estimate of drug-likeness (QED) is 0.610. The summed E-state index contributed by atoms with van der Waals surface area (Å²) in [5.74, 6) is 1.34. The van der Waals surface area contributed by atoms with Crippen LogP contribution >= 0.6 is 0 Å². The molecule has 1 amide bonds. The molecule has 168 valence electrons. The highest BCUT2D eigenvalue weighted by molar-refractivity contribution is 7.89. The van der Waals surface area contributed by atoms with Gasteiger partial charge in [-0.15, -0.1) is 0 Å². The summed E-state index contributed by atoms with van der Waals surface area (Å²) in [6, 6.07) is 5.14. The van der Waals surface area contributed by atoms with Crippen LogP contribution in [0.4, 0.5) is 5.82 Å². The van der Waals surface area contributed by atoms with Gasteiger partial charge in [0.05, 0.1) is 10.3 Å². The highest BCUT2D eigenvalue weighted by atomic mass is 32.2. The van der Waals surface area contributed by atoms with Crippen molar-refractivity contribution >= 4 is 43.7 Å². The Balaban J connectivity index is 1.32. The topological polar surface area (TPSA) is 111 Å². The van der Waals surface area contributed by atoms with Crippen LogP contribution in [0.5, 0.6) is 0 Å². The third kappa shape index (κ3) is 3.41. The number of hydrogen-bond donors (Lipinski definition) is 2. The molecule has 10 heteroatoms. The SMILES string of the molecule is CC1(NS(=O)(=O)c2ccc3c(c2)[nH]c2ncnc(N4CCN(C(=O)C5CC5)CC4)c23)CC1. The molecule has 0 bridgehead atoms. The zero-order valence-electron chi connectivity index (χ0n) is 18.0.